The first kappa shape index (κ1) is 27.0. The topological polar surface area (TPSA) is 92.5 Å². The van der Waals surface area contributed by atoms with Crippen molar-refractivity contribution in [1.29, 1.82) is 0 Å². The Morgan fingerprint density at radius 2 is 2.06 bits per heavy atom. The van der Waals surface area contributed by atoms with E-state index in [1.807, 2.05) is 13.8 Å². The zero-order chi connectivity index (χ0) is 22.7. The summed E-state index contributed by atoms with van der Waals surface area (Å²) < 4.78 is 27.1. The number of halogens is 2. The van der Waals surface area contributed by atoms with Gasteiger partial charge < -0.3 is 21.3 Å². The first-order valence-electron chi connectivity index (χ1n) is 10.4. The second-order valence-corrected chi connectivity index (χ2v) is 8.31. The summed E-state index contributed by atoms with van der Waals surface area (Å²) in [7, 11) is 0. The molecular formula is C24H30F2N3O2U+. The molecule has 3 aliphatic rings. The molecule has 1 heterocycles. The molecule has 0 amide bonds. The Kier molecular flexibility index (Phi) is 9.87. The minimum Gasteiger partial charge on any atom is -0.422 e. The molecule has 6 N–H and O–H groups in total. The predicted octanol–water partition coefficient (Wildman–Crippen LogP) is 0.975. The Labute approximate surface area is 212 Å². The van der Waals surface area contributed by atoms with Crippen molar-refractivity contribution in [3.8, 4) is 0 Å². The van der Waals surface area contributed by atoms with Crippen LogP contribution in [0.3, 0.4) is 0 Å². The normalized spacial score (nSPS) is 26.4. The smallest absolute Gasteiger partial charge is 0.422 e. The van der Waals surface area contributed by atoms with Crippen LogP contribution in [-0.2, 0) is 13.0 Å². The average Bonchev–Trinajstić information content (AvgIpc) is 3.21. The van der Waals surface area contributed by atoms with Crippen LogP contribution < -0.4 is 16.0 Å². The van der Waals surface area contributed by atoms with Gasteiger partial charge in [-0.1, -0.05) is 13.0 Å². The Morgan fingerprint density at radius 3 is 2.62 bits per heavy atom. The molecule has 8 heteroatoms. The number of fused-ring (bicyclic) bond motifs is 1. The fraction of sp³-hybridized carbons (Fsp3) is 0.417. The molecule has 1 aliphatic heterocycles. The van der Waals surface area contributed by atoms with Crippen molar-refractivity contribution in [2.75, 3.05) is 6.54 Å². The number of nitrogens with two attached hydrogens (primary N) is 1. The van der Waals surface area contributed by atoms with Crippen molar-refractivity contribution in [1.82, 2.24) is 5.32 Å². The van der Waals surface area contributed by atoms with Gasteiger partial charge in [0.25, 0.3) is 0 Å². The quantitative estimate of drug-likeness (QED) is 0.246. The average molecular weight is 669 g/mol. The third-order valence-corrected chi connectivity index (χ3v) is 5.77. The van der Waals surface area contributed by atoms with E-state index < -0.39 is 18.0 Å². The predicted molar refractivity (Wildman–Crippen MR) is 115 cm³/mol. The number of nitrogens with one attached hydrogen (secondary N) is 2. The van der Waals surface area contributed by atoms with E-state index in [9.17, 15) is 19.0 Å². The molecule has 4 atom stereocenters. The standard InChI is InChI=1S/C15H20FN2O2.C9H9FN.U/c1-7(2)18-14-10(6-11(16)13(14)8(3)17)9-4-5-12(19)15(9)20;10-9-3-1-2-7-6-11-5-4-8(7)9;/h5-6,9-10,12,15,19-20H,3-4,17H2,1-2H3;1,3,11H,4-6H2;/q2*-1;+2/p+1. The zero-order valence-corrected chi connectivity index (χ0v) is 22.5. The van der Waals surface area contributed by atoms with Gasteiger partial charge in [0.15, 0.2) is 5.70 Å². The number of aliphatic hydroxyl groups excluding tert-OH is 2. The maximum absolute atomic E-state index is 14.1. The molecule has 1 aromatic rings. The van der Waals surface area contributed by atoms with Crippen LogP contribution in [0.1, 0.15) is 31.4 Å². The van der Waals surface area contributed by atoms with Crippen LogP contribution >= 0.6 is 0 Å². The van der Waals surface area contributed by atoms with Crippen molar-refractivity contribution >= 4 is 5.71 Å². The number of benzene rings is 1. The van der Waals surface area contributed by atoms with E-state index in [0.717, 1.165) is 36.3 Å². The molecule has 0 spiro atoms. The number of allylic oxidation sites excluding steroid dienone is 2. The van der Waals surface area contributed by atoms with E-state index in [4.69, 9.17) is 5.73 Å². The largest absolute Gasteiger partial charge is 2.00 e. The molecule has 32 heavy (non-hydrogen) atoms. The fourth-order valence-corrected chi connectivity index (χ4v) is 4.29. The molecule has 0 bridgehead atoms. The minimum absolute atomic E-state index is 0. The molecular weight excluding hydrogens is 638 g/mol. The van der Waals surface area contributed by atoms with E-state index in [1.165, 1.54) is 12.1 Å². The maximum atomic E-state index is 14.1. The molecule has 1 aromatic carbocycles. The van der Waals surface area contributed by atoms with Gasteiger partial charge in [0.1, 0.15) is 11.5 Å². The van der Waals surface area contributed by atoms with Crippen LogP contribution in [0.25, 0.3) is 0 Å². The van der Waals surface area contributed by atoms with Gasteiger partial charge in [-0.05, 0) is 31.2 Å². The Hall–Kier alpha value is -1.30. The van der Waals surface area contributed by atoms with Crippen LogP contribution in [0.15, 0.2) is 47.6 Å². The summed E-state index contributed by atoms with van der Waals surface area (Å²) >= 11 is 0. The Bertz CT molecular complexity index is 941. The number of rotatable bonds is 3. The summed E-state index contributed by atoms with van der Waals surface area (Å²) in [6.45, 7) is 8.97. The number of hydrogen-bond acceptors (Lipinski definition) is 4. The van der Waals surface area contributed by atoms with Crippen molar-refractivity contribution in [3.05, 3.63) is 77.0 Å². The molecule has 0 saturated heterocycles. The molecule has 1 fully saturated rings. The molecule has 170 valence electrons. The third kappa shape index (κ3) is 5.98. The van der Waals surface area contributed by atoms with Crippen molar-refractivity contribution in [2.45, 2.75) is 45.4 Å². The second kappa shape index (κ2) is 11.7. The summed E-state index contributed by atoms with van der Waals surface area (Å²) in [4.78, 5) is 3.12. The van der Waals surface area contributed by atoms with Crippen LogP contribution in [-0.4, -0.2) is 34.7 Å². The van der Waals surface area contributed by atoms with Gasteiger partial charge in [0, 0.05) is 25.4 Å². The van der Waals surface area contributed by atoms with Crippen molar-refractivity contribution in [2.24, 2.45) is 17.6 Å². The van der Waals surface area contributed by atoms with Crippen LogP contribution in [0, 0.1) is 61.3 Å². The second-order valence-electron chi connectivity index (χ2n) is 8.31. The van der Waals surface area contributed by atoms with Gasteiger partial charge in [-0.3, -0.25) is 6.42 Å². The van der Waals surface area contributed by atoms with Gasteiger partial charge in [-0.15, -0.1) is 17.2 Å². The summed E-state index contributed by atoms with van der Waals surface area (Å²) in [6, 6.07) is 6.14. The van der Waals surface area contributed by atoms with Crippen LogP contribution in [0.4, 0.5) is 8.78 Å². The Balaban J connectivity index is 0.000000255. The Morgan fingerprint density at radius 1 is 1.34 bits per heavy atom. The van der Waals surface area contributed by atoms with Gasteiger partial charge in [0.2, 0.25) is 0 Å². The van der Waals surface area contributed by atoms with E-state index >= 15 is 0 Å². The minimum atomic E-state index is -0.900. The first-order valence-corrected chi connectivity index (χ1v) is 10.4. The van der Waals surface area contributed by atoms with Crippen molar-refractivity contribution < 1.29 is 55.1 Å². The molecule has 4 unspecified atom stereocenters. The maximum Gasteiger partial charge on any atom is 2.00 e. The van der Waals surface area contributed by atoms with E-state index in [2.05, 4.69) is 23.0 Å². The van der Waals surface area contributed by atoms with Crippen LogP contribution in [0.5, 0.6) is 0 Å². The first-order chi connectivity index (χ1) is 14.7. The van der Waals surface area contributed by atoms with Gasteiger partial charge in [-0.25, -0.2) is 13.8 Å². The third-order valence-electron chi connectivity index (χ3n) is 5.77. The molecule has 4 rings (SSSR count). The molecule has 2 aliphatic carbocycles. The molecule has 5 nitrogen and oxygen atoms in total. The SMILES string of the molecule is C=C(N)C1=C([NH+]=C(C)C)C(C2C[CH-]C(O)C2O)C=C1F.Fc1cc[c-]c2c1CCNC2.[U+2]. The zero-order valence-electron chi connectivity index (χ0n) is 18.4. The van der Waals surface area contributed by atoms with Gasteiger partial charge in [-0.2, -0.15) is 18.6 Å². The van der Waals surface area contributed by atoms with E-state index in [0.29, 0.717) is 12.1 Å². The summed E-state index contributed by atoms with van der Waals surface area (Å²) in [6.07, 6.45) is 2.64. The molecule has 0 radical (unpaired) electrons. The fourth-order valence-electron chi connectivity index (χ4n) is 4.29. The number of aliphatic hydroxyl groups is 2. The van der Waals surface area contributed by atoms with E-state index in [1.54, 1.807) is 12.5 Å². The van der Waals surface area contributed by atoms with Gasteiger partial charge in [0.05, 0.1) is 17.6 Å². The summed E-state index contributed by atoms with van der Waals surface area (Å²) in [5.41, 5.74) is 9.42. The van der Waals surface area contributed by atoms with Crippen molar-refractivity contribution in [3.63, 3.8) is 0 Å². The summed E-state index contributed by atoms with van der Waals surface area (Å²) in [5.74, 6) is -1.13. The monoisotopic (exact) mass is 668 g/mol. The molecule has 0 aromatic heterocycles. The van der Waals surface area contributed by atoms with Crippen LogP contribution in [0.2, 0.25) is 0 Å². The van der Waals surface area contributed by atoms with Gasteiger partial charge >= 0.3 is 31.1 Å². The molecule has 1 saturated carbocycles. The number of hydrogen-bond donors (Lipinski definition) is 5. The van der Waals surface area contributed by atoms with E-state index in [-0.39, 0.29) is 60.0 Å². The summed E-state index contributed by atoms with van der Waals surface area (Å²) in [5, 5.41) is 22.8.